The summed E-state index contributed by atoms with van der Waals surface area (Å²) in [5, 5.41) is -0.354. The van der Waals surface area contributed by atoms with Crippen molar-refractivity contribution in [2.75, 3.05) is 13.7 Å². The van der Waals surface area contributed by atoms with Gasteiger partial charge in [-0.2, -0.15) is 0 Å². The Balaban J connectivity index is 2.26. The molecule has 1 saturated heterocycles. The van der Waals surface area contributed by atoms with Crippen LogP contribution in [-0.2, 0) is 4.79 Å². The van der Waals surface area contributed by atoms with Gasteiger partial charge in [0.15, 0.2) is 11.5 Å². The van der Waals surface area contributed by atoms with Crippen molar-refractivity contribution in [1.29, 1.82) is 0 Å². The van der Waals surface area contributed by atoms with E-state index in [4.69, 9.17) is 15.9 Å². The minimum absolute atomic E-state index is 0.0208. The summed E-state index contributed by atoms with van der Waals surface area (Å²) in [6.45, 7) is 4.00. The maximum atomic E-state index is 12.2. The van der Waals surface area contributed by atoms with E-state index in [9.17, 15) is 9.59 Å². The third-order valence-electron chi connectivity index (χ3n) is 3.51. The standard InChI is InChI=1S/C18H19NO4S/c1-5-9-19-17(20)16(24-18(19)21)11-13-7-8-14(15(10-13)22-4)23-12(3)6-2/h1,7-8,10-12H,6,9H2,2-4H3/b16-11+/t12-/m1/s1. The van der Waals surface area contributed by atoms with Gasteiger partial charge in [0.2, 0.25) is 0 Å². The van der Waals surface area contributed by atoms with Gasteiger partial charge in [-0.15, -0.1) is 6.42 Å². The van der Waals surface area contributed by atoms with Crippen molar-refractivity contribution >= 4 is 29.0 Å². The number of hydrogen-bond donors (Lipinski definition) is 0. The predicted octanol–water partition coefficient (Wildman–Crippen LogP) is 3.54. The van der Waals surface area contributed by atoms with Gasteiger partial charge in [0.1, 0.15) is 0 Å². The molecule has 0 unspecified atom stereocenters. The minimum atomic E-state index is -0.373. The summed E-state index contributed by atoms with van der Waals surface area (Å²) in [7, 11) is 1.56. The van der Waals surface area contributed by atoms with E-state index < -0.39 is 0 Å². The van der Waals surface area contributed by atoms with Gasteiger partial charge < -0.3 is 9.47 Å². The fraction of sp³-hybridized carbons (Fsp3) is 0.333. The van der Waals surface area contributed by atoms with Crippen LogP contribution in [0, 0.1) is 12.3 Å². The Bertz CT molecular complexity index is 720. The van der Waals surface area contributed by atoms with Gasteiger partial charge >= 0.3 is 0 Å². The number of nitrogens with zero attached hydrogens (tertiary/aromatic N) is 1. The zero-order valence-corrected chi connectivity index (χ0v) is 14.7. The molecule has 0 aromatic heterocycles. The van der Waals surface area contributed by atoms with E-state index >= 15 is 0 Å². The molecule has 1 fully saturated rings. The van der Waals surface area contributed by atoms with Crippen molar-refractivity contribution in [1.82, 2.24) is 4.90 Å². The van der Waals surface area contributed by atoms with Crippen LogP contribution in [0.15, 0.2) is 23.1 Å². The highest BCUT2D eigenvalue weighted by atomic mass is 32.2. The van der Waals surface area contributed by atoms with E-state index in [1.54, 1.807) is 25.3 Å². The Kier molecular flexibility index (Phi) is 5.93. The molecule has 2 amide bonds. The Morgan fingerprint density at radius 3 is 2.75 bits per heavy atom. The van der Waals surface area contributed by atoms with Crippen LogP contribution in [0.25, 0.3) is 6.08 Å². The van der Waals surface area contributed by atoms with Gasteiger partial charge in [-0.3, -0.25) is 14.5 Å². The molecule has 0 spiro atoms. The molecular formula is C18H19NO4S. The molecule has 1 atom stereocenters. The van der Waals surface area contributed by atoms with E-state index in [2.05, 4.69) is 5.92 Å². The molecule has 1 aliphatic rings. The Morgan fingerprint density at radius 2 is 2.12 bits per heavy atom. The lowest BCUT2D eigenvalue weighted by molar-refractivity contribution is -0.122. The first-order valence-corrected chi connectivity index (χ1v) is 8.35. The topological polar surface area (TPSA) is 55.8 Å². The molecule has 126 valence electrons. The van der Waals surface area contributed by atoms with Crippen molar-refractivity contribution in [3.05, 3.63) is 28.7 Å². The van der Waals surface area contributed by atoms with Crippen LogP contribution >= 0.6 is 11.8 Å². The van der Waals surface area contributed by atoms with Crippen LogP contribution in [0.1, 0.15) is 25.8 Å². The van der Waals surface area contributed by atoms with Crippen molar-refractivity contribution in [2.24, 2.45) is 0 Å². The quantitative estimate of drug-likeness (QED) is 0.583. The number of thioether (sulfide) groups is 1. The number of hydrogen-bond acceptors (Lipinski definition) is 5. The molecule has 6 heteroatoms. The van der Waals surface area contributed by atoms with Crippen molar-refractivity contribution in [3.63, 3.8) is 0 Å². The lowest BCUT2D eigenvalue weighted by Gasteiger charge is -2.15. The highest BCUT2D eigenvalue weighted by molar-refractivity contribution is 8.18. The lowest BCUT2D eigenvalue weighted by Crippen LogP contribution is -2.28. The predicted molar refractivity (Wildman–Crippen MR) is 94.9 cm³/mol. The van der Waals surface area contributed by atoms with Gasteiger partial charge in [-0.05, 0) is 48.9 Å². The number of terminal acetylenes is 1. The average Bonchev–Trinajstić information content (AvgIpc) is 2.83. The normalized spacial score (nSPS) is 17.1. The van der Waals surface area contributed by atoms with Crippen LogP contribution in [0.5, 0.6) is 11.5 Å². The van der Waals surface area contributed by atoms with Gasteiger partial charge in [0.05, 0.1) is 24.7 Å². The fourth-order valence-corrected chi connectivity index (χ4v) is 2.89. The Morgan fingerprint density at radius 1 is 1.38 bits per heavy atom. The van der Waals surface area contributed by atoms with Gasteiger partial charge in [-0.1, -0.05) is 18.9 Å². The maximum Gasteiger partial charge on any atom is 0.294 e. The molecular weight excluding hydrogens is 326 g/mol. The van der Waals surface area contributed by atoms with Crippen LogP contribution in [0.2, 0.25) is 0 Å². The highest BCUT2D eigenvalue weighted by Crippen LogP contribution is 2.34. The van der Waals surface area contributed by atoms with E-state index in [1.807, 2.05) is 19.9 Å². The number of amides is 2. The van der Waals surface area contributed by atoms with Crippen LogP contribution in [0.4, 0.5) is 4.79 Å². The van der Waals surface area contributed by atoms with E-state index in [-0.39, 0.29) is 23.8 Å². The number of methoxy groups -OCH3 is 1. The molecule has 1 aliphatic heterocycles. The first kappa shape index (κ1) is 18.0. The molecule has 0 saturated carbocycles. The summed E-state index contributed by atoms with van der Waals surface area (Å²) in [5.41, 5.74) is 0.745. The van der Waals surface area contributed by atoms with Gasteiger partial charge in [0, 0.05) is 0 Å². The Labute approximate surface area is 146 Å². The second kappa shape index (κ2) is 7.93. The fourth-order valence-electron chi connectivity index (χ4n) is 2.05. The lowest BCUT2D eigenvalue weighted by atomic mass is 10.1. The number of benzene rings is 1. The number of ether oxygens (including phenoxy) is 2. The molecule has 1 heterocycles. The van der Waals surface area contributed by atoms with Crippen LogP contribution in [-0.4, -0.2) is 35.8 Å². The van der Waals surface area contributed by atoms with E-state index in [0.717, 1.165) is 28.6 Å². The average molecular weight is 345 g/mol. The summed E-state index contributed by atoms with van der Waals surface area (Å²) in [5.74, 6) is 3.16. The van der Waals surface area contributed by atoms with Gasteiger partial charge in [0.25, 0.3) is 11.1 Å². The van der Waals surface area contributed by atoms with E-state index in [0.29, 0.717) is 16.4 Å². The third-order valence-corrected chi connectivity index (χ3v) is 4.42. The first-order valence-electron chi connectivity index (χ1n) is 7.53. The molecule has 2 rings (SSSR count). The molecule has 1 aromatic rings. The second-order valence-electron chi connectivity index (χ2n) is 5.22. The zero-order valence-electron chi connectivity index (χ0n) is 13.9. The largest absolute Gasteiger partial charge is 0.493 e. The molecule has 1 aromatic carbocycles. The molecule has 0 aliphatic carbocycles. The monoisotopic (exact) mass is 345 g/mol. The summed E-state index contributed by atoms with van der Waals surface area (Å²) in [6.07, 6.45) is 7.79. The summed E-state index contributed by atoms with van der Waals surface area (Å²) in [4.78, 5) is 25.4. The molecule has 5 nitrogen and oxygen atoms in total. The maximum absolute atomic E-state index is 12.2. The van der Waals surface area contributed by atoms with Crippen molar-refractivity contribution in [3.8, 4) is 23.8 Å². The number of rotatable bonds is 6. The summed E-state index contributed by atoms with van der Waals surface area (Å²) in [6, 6.07) is 5.38. The summed E-state index contributed by atoms with van der Waals surface area (Å²) >= 11 is 0.879. The molecule has 0 radical (unpaired) electrons. The third kappa shape index (κ3) is 3.92. The van der Waals surface area contributed by atoms with E-state index in [1.165, 1.54) is 0 Å². The van der Waals surface area contributed by atoms with Crippen LogP contribution in [0.3, 0.4) is 0 Å². The van der Waals surface area contributed by atoms with Gasteiger partial charge in [-0.25, -0.2) is 0 Å². The SMILES string of the molecule is C#CCN1C(=O)S/C(=C/c2ccc(O[C@H](C)CC)c(OC)c2)C1=O. The highest BCUT2D eigenvalue weighted by Gasteiger charge is 2.34. The molecule has 0 bridgehead atoms. The summed E-state index contributed by atoms with van der Waals surface area (Å²) < 4.78 is 11.1. The van der Waals surface area contributed by atoms with Crippen molar-refractivity contribution < 1.29 is 19.1 Å². The smallest absolute Gasteiger partial charge is 0.294 e. The number of imide groups is 1. The van der Waals surface area contributed by atoms with Crippen molar-refractivity contribution in [2.45, 2.75) is 26.4 Å². The number of carbonyl (C=O) groups is 2. The second-order valence-corrected chi connectivity index (χ2v) is 6.21. The number of carbonyl (C=O) groups excluding carboxylic acids is 2. The minimum Gasteiger partial charge on any atom is -0.493 e. The zero-order chi connectivity index (χ0) is 17.7. The Hall–Kier alpha value is -2.39. The first-order chi connectivity index (χ1) is 11.5. The molecule has 24 heavy (non-hydrogen) atoms. The molecule has 0 N–H and O–H groups in total. The van der Waals surface area contributed by atoms with Crippen LogP contribution < -0.4 is 9.47 Å².